The first kappa shape index (κ1) is 7.65. The lowest BCUT2D eigenvalue weighted by Crippen LogP contribution is -1.84. The quantitative estimate of drug-likeness (QED) is 0.662. The molecule has 1 rings (SSSR count). The van der Waals surface area contributed by atoms with Crippen molar-refractivity contribution in [1.29, 1.82) is 0 Å². The molecule has 58 valence electrons. The van der Waals surface area contributed by atoms with Gasteiger partial charge in [0, 0.05) is 5.56 Å². The molecule has 3 nitrogen and oxygen atoms in total. The van der Waals surface area contributed by atoms with E-state index in [9.17, 15) is 9.30 Å². The van der Waals surface area contributed by atoms with Crippen LogP contribution in [0.4, 0.5) is 4.39 Å². The van der Waals surface area contributed by atoms with Gasteiger partial charge in [0.25, 0.3) is 0 Å². The molecule has 0 aliphatic heterocycles. The van der Waals surface area contributed by atoms with Gasteiger partial charge in [-0.05, 0) is 6.07 Å². The van der Waals surface area contributed by atoms with E-state index in [1.165, 1.54) is 12.1 Å². The fourth-order valence-electron chi connectivity index (χ4n) is 0.757. The molecule has 0 aromatic heterocycles. The second-order valence-electron chi connectivity index (χ2n) is 2.03. The van der Waals surface area contributed by atoms with Crippen LogP contribution in [0.15, 0.2) is 23.4 Å². The number of nitroso groups, excluding NO2 is 1. The topological polar surface area (TPSA) is 49.7 Å². The minimum Gasteiger partial charge on any atom is -0.505 e. The third-order valence-corrected chi connectivity index (χ3v) is 1.31. The van der Waals surface area contributed by atoms with Crippen LogP contribution < -0.4 is 0 Å². The van der Waals surface area contributed by atoms with Gasteiger partial charge < -0.3 is 5.11 Å². The van der Waals surface area contributed by atoms with E-state index in [0.717, 1.165) is 6.07 Å². The van der Waals surface area contributed by atoms with Gasteiger partial charge in [-0.15, -0.1) is 0 Å². The number of nitrogens with zero attached hydrogens (tertiary/aromatic N) is 1. The Morgan fingerprint density at radius 2 is 2.27 bits per heavy atom. The van der Waals surface area contributed by atoms with E-state index in [2.05, 4.69) is 5.18 Å². The molecule has 0 aliphatic rings. The number of rotatable bonds is 2. The average Bonchev–Trinajstić information content (AvgIpc) is 1.99. The highest BCUT2D eigenvalue weighted by Crippen LogP contribution is 2.20. The summed E-state index contributed by atoms with van der Waals surface area (Å²) in [4.78, 5) is 9.75. The maximum absolute atomic E-state index is 12.5. The standard InChI is InChI=1S/C7H6FNO2/c8-6-3-1-2-5(4-9-11)7(6)10/h1-3,10H,4H2. The Hall–Kier alpha value is -1.45. The molecule has 1 aromatic carbocycles. The fourth-order valence-corrected chi connectivity index (χ4v) is 0.757. The SMILES string of the molecule is O=NCc1cccc(F)c1O. The lowest BCUT2D eigenvalue weighted by Gasteiger charge is -1.98. The highest BCUT2D eigenvalue weighted by Gasteiger charge is 2.04. The maximum atomic E-state index is 12.5. The van der Waals surface area contributed by atoms with E-state index in [4.69, 9.17) is 5.11 Å². The monoisotopic (exact) mass is 155 g/mol. The Kier molecular flexibility index (Phi) is 2.15. The van der Waals surface area contributed by atoms with Crippen molar-refractivity contribution in [2.24, 2.45) is 5.18 Å². The van der Waals surface area contributed by atoms with Crippen molar-refractivity contribution in [2.75, 3.05) is 0 Å². The molecule has 0 unspecified atom stereocenters. The summed E-state index contributed by atoms with van der Waals surface area (Å²) in [5.74, 6) is -1.22. The molecule has 0 radical (unpaired) electrons. The minimum atomic E-state index is -0.730. The van der Waals surface area contributed by atoms with Crippen LogP contribution in [0.3, 0.4) is 0 Å². The second-order valence-corrected chi connectivity index (χ2v) is 2.03. The smallest absolute Gasteiger partial charge is 0.165 e. The molecule has 1 aromatic rings. The number of halogens is 1. The van der Waals surface area contributed by atoms with Gasteiger partial charge >= 0.3 is 0 Å². The third kappa shape index (κ3) is 1.52. The first-order valence-corrected chi connectivity index (χ1v) is 3.01. The number of aromatic hydroxyl groups is 1. The number of phenols is 1. The molecule has 0 aliphatic carbocycles. The molecular formula is C7H6FNO2. The number of para-hydroxylation sites is 1. The average molecular weight is 155 g/mol. The molecule has 1 N–H and O–H groups in total. The van der Waals surface area contributed by atoms with Gasteiger partial charge in [0.05, 0.1) is 0 Å². The first-order chi connectivity index (χ1) is 5.25. The largest absolute Gasteiger partial charge is 0.505 e. The van der Waals surface area contributed by atoms with Crippen LogP contribution in [-0.2, 0) is 6.54 Å². The summed E-state index contributed by atoms with van der Waals surface area (Å²) in [7, 11) is 0. The predicted molar refractivity (Wildman–Crippen MR) is 37.6 cm³/mol. The van der Waals surface area contributed by atoms with Gasteiger partial charge in [-0.2, -0.15) is 4.91 Å². The lowest BCUT2D eigenvalue weighted by molar-refractivity contribution is 0.426. The van der Waals surface area contributed by atoms with Crippen molar-refractivity contribution >= 4 is 0 Å². The fraction of sp³-hybridized carbons (Fsp3) is 0.143. The zero-order valence-electron chi connectivity index (χ0n) is 5.62. The molecule has 11 heavy (non-hydrogen) atoms. The zero-order valence-corrected chi connectivity index (χ0v) is 5.62. The van der Waals surface area contributed by atoms with Gasteiger partial charge in [0.1, 0.15) is 6.54 Å². The summed E-state index contributed by atoms with van der Waals surface area (Å²) < 4.78 is 12.5. The summed E-state index contributed by atoms with van der Waals surface area (Å²) >= 11 is 0. The van der Waals surface area contributed by atoms with Crippen LogP contribution in [0.2, 0.25) is 0 Å². The molecule has 0 bridgehead atoms. The van der Waals surface area contributed by atoms with Gasteiger partial charge in [-0.3, -0.25) is 0 Å². The number of phenolic OH excluding ortho intramolecular Hbond substituents is 1. The Morgan fingerprint density at radius 1 is 1.55 bits per heavy atom. The molecule has 0 saturated carbocycles. The van der Waals surface area contributed by atoms with Gasteiger partial charge in [-0.25, -0.2) is 4.39 Å². The van der Waals surface area contributed by atoms with Crippen LogP contribution in [-0.4, -0.2) is 5.11 Å². The summed E-state index contributed by atoms with van der Waals surface area (Å²) in [6.07, 6.45) is 0. The molecule has 0 spiro atoms. The van der Waals surface area contributed by atoms with Crippen molar-refractivity contribution in [1.82, 2.24) is 0 Å². The molecule has 0 heterocycles. The van der Waals surface area contributed by atoms with Crippen molar-refractivity contribution in [3.05, 3.63) is 34.5 Å². The minimum absolute atomic E-state index is 0.205. The molecular weight excluding hydrogens is 149 g/mol. The third-order valence-electron chi connectivity index (χ3n) is 1.31. The van der Waals surface area contributed by atoms with Crippen molar-refractivity contribution in [3.8, 4) is 5.75 Å². The lowest BCUT2D eigenvalue weighted by atomic mass is 10.2. The van der Waals surface area contributed by atoms with Crippen LogP contribution in [0.5, 0.6) is 5.75 Å². The van der Waals surface area contributed by atoms with Crippen LogP contribution in [0.25, 0.3) is 0 Å². The van der Waals surface area contributed by atoms with Gasteiger partial charge in [-0.1, -0.05) is 17.3 Å². The van der Waals surface area contributed by atoms with Gasteiger partial charge in [0.15, 0.2) is 11.6 Å². The summed E-state index contributed by atoms with van der Waals surface area (Å²) in [5.41, 5.74) is 0.208. The molecule has 0 amide bonds. The number of hydrogen-bond acceptors (Lipinski definition) is 3. The van der Waals surface area contributed by atoms with Crippen molar-refractivity contribution < 1.29 is 9.50 Å². The van der Waals surface area contributed by atoms with Crippen LogP contribution in [0.1, 0.15) is 5.56 Å². The van der Waals surface area contributed by atoms with E-state index in [0.29, 0.717) is 0 Å². The normalized spacial score (nSPS) is 9.55. The molecule has 0 fully saturated rings. The Morgan fingerprint density at radius 3 is 2.91 bits per heavy atom. The van der Waals surface area contributed by atoms with Gasteiger partial charge in [0.2, 0.25) is 0 Å². The molecule has 4 heteroatoms. The number of benzene rings is 1. The van der Waals surface area contributed by atoms with E-state index in [-0.39, 0.29) is 12.1 Å². The maximum Gasteiger partial charge on any atom is 0.165 e. The Balaban J connectivity index is 3.05. The Labute approximate surface area is 62.5 Å². The molecule has 0 atom stereocenters. The van der Waals surface area contributed by atoms with E-state index in [1.807, 2.05) is 0 Å². The van der Waals surface area contributed by atoms with Crippen molar-refractivity contribution in [3.63, 3.8) is 0 Å². The van der Waals surface area contributed by atoms with E-state index >= 15 is 0 Å². The highest BCUT2D eigenvalue weighted by molar-refractivity contribution is 5.33. The first-order valence-electron chi connectivity index (χ1n) is 3.01. The van der Waals surface area contributed by atoms with E-state index < -0.39 is 11.6 Å². The highest BCUT2D eigenvalue weighted by atomic mass is 19.1. The van der Waals surface area contributed by atoms with Crippen LogP contribution in [0, 0.1) is 10.7 Å². The Bertz CT molecular complexity index is 275. The van der Waals surface area contributed by atoms with Crippen molar-refractivity contribution in [2.45, 2.75) is 6.54 Å². The summed E-state index contributed by atoms with van der Waals surface area (Å²) in [5, 5.41) is 11.5. The van der Waals surface area contributed by atoms with Crippen LogP contribution >= 0.6 is 0 Å². The zero-order chi connectivity index (χ0) is 8.27. The molecule has 0 saturated heterocycles. The summed E-state index contributed by atoms with van der Waals surface area (Å²) in [6.45, 7) is -0.205. The number of hydrogen-bond donors (Lipinski definition) is 1. The second kappa shape index (κ2) is 3.09. The summed E-state index contributed by atoms with van der Waals surface area (Å²) in [6, 6.07) is 3.97. The predicted octanol–water partition coefficient (Wildman–Crippen LogP) is 1.80. The van der Waals surface area contributed by atoms with E-state index in [1.54, 1.807) is 0 Å².